The van der Waals surface area contributed by atoms with Gasteiger partial charge in [-0.25, -0.2) is 0 Å². The molecule has 1 aromatic carbocycles. The summed E-state index contributed by atoms with van der Waals surface area (Å²) in [4.78, 5) is 0. The number of anilines is 1. The lowest BCUT2D eigenvalue weighted by atomic mass is 10.1. The molecule has 1 aromatic rings. The normalized spacial score (nSPS) is 13.4. The van der Waals surface area contributed by atoms with Crippen molar-refractivity contribution in [1.82, 2.24) is 5.32 Å². The van der Waals surface area contributed by atoms with Crippen LogP contribution in [0.25, 0.3) is 0 Å². The summed E-state index contributed by atoms with van der Waals surface area (Å²) in [5.41, 5.74) is 4.20. The summed E-state index contributed by atoms with van der Waals surface area (Å²) in [6.45, 7) is 6.94. The van der Waals surface area contributed by atoms with Crippen molar-refractivity contribution in [2.24, 2.45) is 0 Å². The fraction of sp³-hybridized carbons (Fsp3) is 0.600. The molecule has 1 aliphatic rings. The molecule has 1 aliphatic heterocycles. The predicted molar refractivity (Wildman–Crippen MR) is 76.1 cm³/mol. The molecule has 0 aromatic heterocycles. The lowest BCUT2D eigenvalue weighted by molar-refractivity contribution is 0.132. The minimum absolute atomic E-state index is 0.867. The number of rotatable bonds is 8. The number of para-hydroxylation sites is 1. The standard InChI is InChI=1S/C15H24N2O/c1-2-10-18-11-4-8-16-12-14-6-3-5-13-7-9-17-15(13)14/h3,5-6,16-17H,2,4,7-12H2,1H3. The van der Waals surface area contributed by atoms with Gasteiger partial charge in [0.1, 0.15) is 0 Å². The highest BCUT2D eigenvalue weighted by Gasteiger charge is 2.12. The van der Waals surface area contributed by atoms with Crippen molar-refractivity contribution < 1.29 is 4.74 Å². The van der Waals surface area contributed by atoms with Crippen LogP contribution in [-0.2, 0) is 17.7 Å². The molecule has 0 atom stereocenters. The van der Waals surface area contributed by atoms with Gasteiger partial charge < -0.3 is 15.4 Å². The van der Waals surface area contributed by atoms with Crippen LogP contribution in [-0.4, -0.2) is 26.3 Å². The monoisotopic (exact) mass is 248 g/mol. The van der Waals surface area contributed by atoms with Crippen LogP contribution in [0.5, 0.6) is 0 Å². The Balaban J connectivity index is 1.66. The van der Waals surface area contributed by atoms with Crippen molar-refractivity contribution in [1.29, 1.82) is 0 Å². The van der Waals surface area contributed by atoms with E-state index in [9.17, 15) is 0 Å². The molecule has 0 aliphatic carbocycles. The van der Waals surface area contributed by atoms with Crippen molar-refractivity contribution in [3.8, 4) is 0 Å². The molecule has 0 unspecified atom stereocenters. The third-order valence-corrected chi connectivity index (χ3v) is 3.24. The largest absolute Gasteiger partial charge is 0.384 e. The van der Waals surface area contributed by atoms with E-state index in [4.69, 9.17) is 4.74 Å². The maximum absolute atomic E-state index is 5.46. The zero-order valence-corrected chi connectivity index (χ0v) is 11.3. The summed E-state index contributed by atoms with van der Waals surface area (Å²) >= 11 is 0. The summed E-state index contributed by atoms with van der Waals surface area (Å²) in [5.74, 6) is 0. The summed E-state index contributed by atoms with van der Waals surface area (Å²) in [6, 6.07) is 6.59. The van der Waals surface area contributed by atoms with Crippen LogP contribution in [0.15, 0.2) is 18.2 Å². The fourth-order valence-corrected chi connectivity index (χ4v) is 2.33. The Labute approximate surface area is 110 Å². The number of hydrogen-bond acceptors (Lipinski definition) is 3. The highest BCUT2D eigenvalue weighted by molar-refractivity contribution is 5.61. The van der Waals surface area contributed by atoms with Gasteiger partial charge in [-0.05, 0) is 36.9 Å². The average molecular weight is 248 g/mol. The molecule has 0 radical (unpaired) electrons. The molecule has 3 heteroatoms. The maximum Gasteiger partial charge on any atom is 0.0478 e. The minimum Gasteiger partial charge on any atom is -0.384 e. The van der Waals surface area contributed by atoms with Crippen LogP contribution in [0.1, 0.15) is 30.9 Å². The second kappa shape index (κ2) is 7.39. The first-order valence-corrected chi connectivity index (χ1v) is 7.05. The lowest BCUT2D eigenvalue weighted by Crippen LogP contribution is -2.17. The molecule has 1 heterocycles. The molecule has 0 spiro atoms. The van der Waals surface area contributed by atoms with E-state index in [0.717, 1.165) is 52.1 Å². The van der Waals surface area contributed by atoms with Crippen LogP contribution < -0.4 is 10.6 Å². The first-order chi connectivity index (χ1) is 8.92. The zero-order valence-electron chi connectivity index (χ0n) is 11.3. The quantitative estimate of drug-likeness (QED) is 0.694. The second-order valence-corrected chi connectivity index (χ2v) is 4.77. The van der Waals surface area contributed by atoms with Gasteiger partial charge in [-0.1, -0.05) is 25.1 Å². The Kier molecular flexibility index (Phi) is 5.49. The first kappa shape index (κ1) is 13.4. The van der Waals surface area contributed by atoms with Gasteiger partial charge in [-0.3, -0.25) is 0 Å². The molecule has 100 valence electrons. The van der Waals surface area contributed by atoms with Crippen molar-refractivity contribution in [2.75, 3.05) is 31.6 Å². The highest BCUT2D eigenvalue weighted by Crippen LogP contribution is 2.25. The Hall–Kier alpha value is -1.06. The van der Waals surface area contributed by atoms with Gasteiger partial charge in [0.25, 0.3) is 0 Å². The number of hydrogen-bond donors (Lipinski definition) is 2. The molecule has 18 heavy (non-hydrogen) atoms. The molecule has 0 fully saturated rings. The van der Waals surface area contributed by atoms with Crippen LogP contribution in [0.4, 0.5) is 5.69 Å². The molecule has 2 rings (SSSR count). The molecule has 0 saturated heterocycles. The van der Waals surface area contributed by atoms with E-state index < -0.39 is 0 Å². The second-order valence-electron chi connectivity index (χ2n) is 4.77. The van der Waals surface area contributed by atoms with Gasteiger partial charge in [-0.15, -0.1) is 0 Å². The van der Waals surface area contributed by atoms with Gasteiger partial charge in [-0.2, -0.15) is 0 Å². The highest BCUT2D eigenvalue weighted by atomic mass is 16.5. The molecule has 2 N–H and O–H groups in total. The minimum atomic E-state index is 0.867. The molecular formula is C15H24N2O. The summed E-state index contributed by atoms with van der Waals surface area (Å²) in [6.07, 6.45) is 3.35. The van der Waals surface area contributed by atoms with Crippen LogP contribution in [0.3, 0.4) is 0 Å². The zero-order chi connectivity index (χ0) is 12.6. The van der Waals surface area contributed by atoms with Crippen LogP contribution in [0, 0.1) is 0 Å². The lowest BCUT2D eigenvalue weighted by Gasteiger charge is -2.10. The van der Waals surface area contributed by atoms with Crippen molar-refractivity contribution in [3.05, 3.63) is 29.3 Å². The van der Waals surface area contributed by atoms with E-state index >= 15 is 0 Å². The van der Waals surface area contributed by atoms with Gasteiger partial charge in [0, 0.05) is 32.0 Å². The fourth-order valence-electron chi connectivity index (χ4n) is 2.33. The van der Waals surface area contributed by atoms with E-state index in [1.165, 1.54) is 16.8 Å². The molecular weight excluding hydrogens is 224 g/mol. The topological polar surface area (TPSA) is 33.3 Å². The number of benzene rings is 1. The van der Waals surface area contributed by atoms with Crippen molar-refractivity contribution >= 4 is 5.69 Å². The van der Waals surface area contributed by atoms with E-state index in [1.54, 1.807) is 0 Å². The third kappa shape index (κ3) is 3.72. The van der Waals surface area contributed by atoms with Gasteiger partial charge >= 0.3 is 0 Å². The molecule has 0 bridgehead atoms. The summed E-state index contributed by atoms with van der Waals surface area (Å²) in [5, 5.41) is 6.96. The number of ether oxygens (including phenoxy) is 1. The van der Waals surface area contributed by atoms with Crippen LogP contribution >= 0.6 is 0 Å². The maximum atomic E-state index is 5.46. The summed E-state index contributed by atoms with van der Waals surface area (Å²) in [7, 11) is 0. The number of nitrogens with one attached hydrogen (secondary N) is 2. The van der Waals surface area contributed by atoms with Gasteiger partial charge in [0.15, 0.2) is 0 Å². The predicted octanol–water partition coefficient (Wildman–Crippen LogP) is 2.56. The average Bonchev–Trinajstić information content (AvgIpc) is 2.86. The smallest absolute Gasteiger partial charge is 0.0478 e. The van der Waals surface area contributed by atoms with Gasteiger partial charge in [0.2, 0.25) is 0 Å². The van der Waals surface area contributed by atoms with E-state index in [1.807, 2.05) is 0 Å². The Bertz CT molecular complexity index is 366. The van der Waals surface area contributed by atoms with Crippen molar-refractivity contribution in [3.63, 3.8) is 0 Å². The van der Waals surface area contributed by atoms with E-state index in [2.05, 4.69) is 35.8 Å². The molecule has 0 saturated carbocycles. The SMILES string of the molecule is CCCOCCCNCc1cccc2c1NCC2. The molecule has 3 nitrogen and oxygen atoms in total. The molecule has 0 amide bonds. The van der Waals surface area contributed by atoms with Crippen molar-refractivity contribution in [2.45, 2.75) is 32.7 Å². The summed E-state index contributed by atoms with van der Waals surface area (Å²) < 4.78 is 5.46. The Morgan fingerprint density at radius 2 is 2.28 bits per heavy atom. The van der Waals surface area contributed by atoms with E-state index in [0.29, 0.717) is 0 Å². The first-order valence-electron chi connectivity index (χ1n) is 7.05. The third-order valence-electron chi connectivity index (χ3n) is 3.24. The Morgan fingerprint density at radius 1 is 1.33 bits per heavy atom. The van der Waals surface area contributed by atoms with E-state index in [-0.39, 0.29) is 0 Å². The van der Waals surface area contributed by atoms with Gasteiger partial charge in [0.05, 0.1) is 0 Å². The van der Waals surface area contributed by atoms with Crippen LogP contribution in [0.2, 0.25) is 0 Å². The number of fused-ring (bicyclic) bond motifs is 1. The Morgan fingerprint density at radius 3 is 3.17 bits per heavy atom.